The lowest BCUT2D eigenvalue weighted by Gasteiger charge is -2.31. The van der Waals surface area contributed by atoms with Crippen molar-refractivity contribution in [3.63, 3.8) is 0 Å². The molecule has 0 radical (unpaired) electrons. The first-order chi connectivity index (χ1) is 10.3. The smallest absolute Gasteiger partial charge is 0.141 e. The minimum Gasteiger partial charge on any atom is -0.381 e. The number of hydrogen-bond acceptors (Lipinski definition) is 4. The SMILES string of the molecule is N#CC(CSC1CCOCC1)(NC1CC1)c1ccccc1. The largest absolute Gasteiger partial charge is 0.381 e. The minimum atomic E-state index is -0.550. The van der Waals surface area contributed by atoms with Crippen LogP contribution in [0.2, 0.25) is 0 Å². The first kappa shape index (κ1) is 14.9. The summed E-state index contributed by atoms with van der Waals surface area (Å²) in [5.41, 5.74) is 0.546. The number of nitriles is 1. The molecule has 0 aromatic heterocycles. The lowest BCUT2D eigenvalue weighted by atomic mass is 9.93. The fourth-order valence-electron chi connectivity index (χ4n) is 2.72. The molecule has 0 bridgehead atoms. The zero-order chi connectivity index (χ0) is 14.5. The van der Waals surface area contributed by atoms with Gasteiger partial charge in [0.1, 0.15) is 5.54 Å². The van der Waals surface area contributed by atoms with Gasteiger partial charge in [0.2, 0.25) is 0 Å². The fourth-order valence-corrected chi connectivity index (χ4v) is 4.05. The Morgan fingerprint density at radius 2 is 1.90 bits per heavy atom. The van der Waals surface area contributed by atoms with Gasteiger partial charge in [0.05, 0.1) is 6.07 Å². The van der Waals surface area contributed by atoms with E-state index in [4.69, 9.17) is 4.74 Å². The first-order valence-electron chi connectivity index (χ1n) is 7.76. The summed E-state index contributed by atoms with van der Waals surface area (Å²) in [4.78, 5) is 0. The maximum atomic E-state index is 9.89. The molecule has 0 amide bonds. The molecule has 4 heteroatoms. The Hall–Kier alpha value is -1.02. The summed E-state index contributed by atoms with van der Waals surface area (Å²) >= 11 is 1.93. The van der Waals surface area contributed by atoms with E-state index in [2.05, 4.69) is 23.5 Å². The summed E-state index contributed by atoms with van der Waals surface area (Å²) in [5, 5.41) is 14.1. The molecule has 3 rings (SSSR count). The standard InChI is InChI=1S/C17H22N2OS/c18-12-17(19-15-6-7-15,14-4-2-1-3-5-14)13-21-16-8-10-20-11-9-16/h1-5,15-16,19H,6-11,13H2. The monoisotopic (exact) mass is 302 g/mol. The van der Waals surface area contributed by atoms with Crippen LogP contribution in [0.3, 0.4) is 0 Å². The molecular formula is C17H22N2OS. The highest BCUT2D eigenvalue weighted by Crippen LogP contribution is 2.34. The highest BCUT2D eigenvalue weighted by Gasteiger charge is 2.38. The van der Waals surface area contributed by atoms with Crippen molar-refractivity contribution in [1.82, 2.24) is 5.32 Å². The molecule has 1 N–H and O–H groups in total. The van der Waals surface area contributed by atoms with E-state index in [9.17, 15) is 5.26 Å². The summed E-state index contributed by atoms with van der Waals surface area (Å²) in [6.45, 7) is 1.72. The number of thioether (sulfide) groups is 1. The van der Waals surface area contributed by atoms with Crippen molar-refractivity contribution in [1.29, 1.82) is 5.26 Å². The average molecular weight is 302 g/mol. The Morgan fingerprint density at radius 3 is 2.52 bits per heavy atom. The quantitative estimate of drug-likeness (QED) is 0.877. The van der Waals surface area contributed by atoms with Crippen LogP contribution in [0.15, 0.2) is 30.3 Å². The third-order valence-electron chi connectivity index (χ3n) is 4.19. The molecule has 112 valence electrons. The lowest BCUT2D eigenvalue weighted by Crippen LogP contribution is -2.45. The van der Waals surface area contributed by atoms with Crippen LogP contribution in [0.4, 0.5) is 0 Å². The van der Waals surface area contributed by atoms with Crippen LogP contribution in [-0.4, -0.2) is 30.3 Å². The second-order valence-corrected chi connectivity index (χ2v) is 7.21. The zero-order valence-corrected chi connectivity index (χ0v) is 13.1. The first-order valence-corrected chi connectivity index (χ1v) is 8.81. The van der Waals surface area contributed by atoms with Crippen molar-refractivity contribution in [3.05, 3.63) is 35.9 Å². The number of nitrogens with one attached hydrogen (secondary N) is 1. The third kappa shape index (κ3) is 3.79. The van der Waals surface area contributed by atoms with Crippen LogP contribution in [0.25, 0.3) is 0 Å². The van der Waals surface area contributed by atoms with E-state index in [0.29, 0.717) is 11.3 Å². The Kier molecular flexibility index (Phi) is 4.84. The van der Waals surface area contributed by atoms with E-state index in [1.54, 1.807) is 0 Å². The predicted octanol–water partition coefficient (Wildman–Crippen LogP) is 3.07. The van der Waals surface area contributed by atoms with Gasteiger partial charge in [-0.15, -0.1) is 0 Å². The van der Waals surface area contributed by atoms with Crippen molar-refractivity contribution >= 4 is 11.8 Å². The molecule has 1 heterocycles. The Labute approximate surface area is 131 Å². The van der Waals surface area contributed by atoms with E-state index < -0.39 is 5.54 Å². The Morgan fingerprint density at radius 1 is 1.19 bits per heavy atom. The maximum Gasteiger partial charge on any atom is 0.141 e. The van der Waals surface area contributed by atoms with Gasteiger partial charge in [-0.2, -0.15) is 17.0 Å². The highest BCUT2D eigenvalue weighted by molar-refractivity contribution is 7.99. The molecule has 1 atom stereocenters. The number of ether oxygens (including phenoxy) is 1. The maximum absolute atomic E-state index is 9.89. The molecule has 1 aromatic carbocycles. The molecule has 2 fully saturated rings. The van der Waals surface area contributed by atoms with E-state index in [-0.39, 0.29) is 0 Å². The van der Waals surface area contributed by atoms with Crippen LogP contribution in [0, 0.1) is 11.3 Å². The van der Waals surface area contributed by atoms with Gasteiger partial charge in [-0.3, -0.25) is 5.32 Å². The fraction of sp³-hybridized carbons (Fsp3) is 0.588. The molecule has 21 heavy (non-hydrogen) atoms. The summed E-state index contributed by atoms with van der Waals surface area (Å²) in [5.74, 6) is 0.814. The van der Waals surface area contributed by atoms with Crippen molar-refractivity contribution in [2.24, 2.45) is 0 Å². The highest BCUT2D eigenvalue weighted by atomic mass is 32.2. The second-order valence-electron chi connectivity index (χ2n) is 5.92. The van der Waals surface area contributed by atoms with Crippen LogP contribution in [0.1, 0.15) is 31.2 Å². The Bertz CT molecular complexity index is 491. The van der Waals surface area contributed by atoms with Crippen molar-refractivity contribution < 1.29 is 4.74 Å². The summed E-state index contributed by atoms with van der Waals surface area (Å²) in [6.07, 6.45) is 4.59. The van der Waals surface area contributed by atoms with Crippen molar-refractivity contribution in [2.75, 3.05) is 19.0 Å². The van der Waals surface area contributed by atoms with Gasteiger partial charge in [-0.05, 0) is 31.2 Å². The lowest BCUT2D eigenvalue weighted by molar-refractivity contribution is 0.0999. The minimum absolute atomic E-state index is 0.514. The molecule has 0 spiro atoms. The number of hydrogen-bond donors (Lipinski definition) is 1. The van der Waals surface area contributed by atoms with E-state index in [0.717, 1.165) is 37.4 Å². The van der Waals surface area contributed by atoms with E-state index in [1.165, 1.54) is 12.8 Å². The topological polar surface area (TPSA) is 45.0 Å². The average Bonchev–Trinajstić information content (AvgIpc) is 3.37. The van der Waals surface area contributed by atoms with Crippen LogP contribution >= 0.6 is 11.8 Å². The molecule has 1 saturated carbocycles. The summed E-state index contributed by atoms with van der Waals surface area (Å²) < 4.78 is 5.42. The van der Waals surface area contributed by atoms with Gasteiger partial charge >= 0.3 is 0 Å². The Balaban J connectivity index is 1.73. The third-order valence-corrected chi connectivity index (χ3v) is 5.73. The molecule has 1 aliphatic heterocycles. The van der Waals surface area contributed by atoms with Gasteiger partial charge in [0, 0.05) is 30.3 Å². The molecule has 2 aliphatic rings. The molecule has 1 saturated heterocycles. The summed E-state index contributed by atoms with van der Waals surface area (Å²) in [6, 6.07) is 13.3. The van der Waals surface area contributed by atoms with Gasteiger partial charge in [0.25, 0.3) is 0 Å². The number of nitrogens with zero attached hydrogens (tertiary/aromatic N) is 1. The summed E-state index contributed by atoms with van der Waals surface area (Å²) in [7, 11) is 0. The van der Waals surface area contributed by atoms with E-state index in [1.807, 2.05) is 30.0 Å². The number of rotatable bonds is 6. The van der Waals surface area contributed by atoms with E-state index >= 15 is 0 Å². The van der Waals surface area contributed by atoms with Crippen molar-refractivity contribution in [2.45, 2.75) is 42.5 Å². The molecule has 1 aromatic rings. The van der Waals surface area contributed by atoms with Crippen molar-refractivity contribution in [3.8, 4) is 6.07 Å². The predicted molar refractivity (Wildman–Crippen MR) is 86.2 cm³/mol. The molecule has 1 unspecified atom stereocenters. The number of benzene rings is 1. The van der Waals surface area contributed by atoms with Gasteiger partial charge in [-0.25, -0.2) is 0 Å². The van der Waals surface area contributed by atoms with Gasteiger partial charge in [-0.1, -0.05) is 30.3 Å². The molecule has 3 nitrogen and oxygen atoms in total. The van der Waals surface area contributed by atoms with Crippen LogP contribution in [0.5, 0.6) is 0 Å². The normalized spacial score (nSPS) is 22.4. The van der Waals surface area contributed by atoms with Gasteiger partial charge in [0.15, 0.2) is 0 Å². The second kappa shape index (κ2) is 6.83. The molecular weight excluding hydrogens is 280 g/mol. The van der Waals surface area contributed by atoms with Crippen LogP contribution < -0.4 is 5.32 Å². The van der Waals surface area contributed by atoms with Gasteiger partial charge < -0.3 is 4.74 Å². The molecule has 1 aliphatic carbocycles. The van der Waals surface area contributed by atoms with Crippen LogP contribution in [-0.2, 0) is 10.3 Å². The zero-order valence-electron chi connectivity index (χ0n) is 12.3.